The Labute approximate surface area is 165 Å². The molecule has 1 aromatic rings. The number of carbonyl (C=O) groups excluding carboxylic acids is 2. The highest BCUT2D eigenvalue weighted by Crippen LogP contribution is 2.27. The van der Waals surface area contributed by atoms with Crippen LogP contribution in [0, 0.1) is 5.41 Å². The van der Waals surface area contributed by atoms with Crippen molar-refractivity contribution in [2.75, 3.05) is 11.9 Å². The van der Waals surface area contributed by atoms with Gasteiger partial charge in [-0.25, -0.2) is 4.79 Å². The van der Waals surface area contributed by atoms with Gasteiger partial charge in [0.25, 0.3) is 0 Å². The number of nitrogens with one attached hydrogen (secondary N) is 2. The van der Waals surface area contributed by atoms with Crippen LogP contribution in [0.4, 0.5) is 5.69 Å². The quantitative estimate of drug-likeness (QED) is 0.562. The maximum absolute atomic E-state index is 12.0. The number of hydrogen-bond donors (Lipinski definition) is 3. The molecule has 154 valence electrons. The molecule has 0 saturated heterocycles. The maximum atomic E-state index is 12.0. The molecule has 0 aromatic heterocycles. The molecule has 0 radical (unpaired) electrons. The van der Waals surface area contributed by atoms with E-state index in [1.165, 1.54) is 0 Å². The number of hydrogen-bond acceptors (Lipinski definition) is 4. The molecule has 1 atom stereocenters. The molecular weight excluding hydrogens is 360 g/mol. The standard InChI is InChI=1S/C21H30N2O5/c1-21(2,3)11-10-17(20(26)27)23-18(24)5-4-12-28-15-7-8-16-14(13-15)6-9-19(25)22-16/h7-8,13,17H,4-6,9-12H2,1-3H3,(H,22,25)(H,23,24)(H,26,27). The Morgan fingerprint density at radius 2 is 2.04 bits per heavy atom. The van der Waals surface area contributed by atoms with E-state index < -0.39 is 12.0 Å². The van der Waals surface area contributed by atoms with Gasteiger partial charge in [0.05, 0.1) is 6.61 Å². The molecule has 2 amide bonds. The Morgan fingerprint density at radius 3 is 2.71 bits per heavy atom. The van der Waals surface area contributed by atoms with Gasteiger partial charge in [0, 0.05) is 18.5 Å². The van der Waals surface area contributed by atoms with Gasteiger partial charge >= 0.3 is 5.97 Å². The predicted octanol–water partition coefficient (Wildman–Crippen LogP) is 3.13. The molecule has 3 N–H and O–H groups in total. The van der Waals surface area contributed by atoms with Crippen LogP contribution < -0.4 is 15.4 Å². The van der Waals surface area contributed by atoms with Crippen molar-refractivity contribution in [1.29, 1.82) is 0 Å². The minimum absolute atomic E-state index is 0.0178. The van der Waals surface area contributed by atoms with Gasteiger partial charge in [-0.3, -0.25) is 9.59 Å². The second-order valence-corrected chi connectivity index (χ2v) is 8.38. The Hall–Kier alpha value is -2.57. The van der Waals surface area contributed by atoms with Crippen molar-refractivity contribution in [1.82, 2.24) is 5.32 Å². The van der Waals surface area contributed by atoms with Gasteiger partial charge in [0.2, 0.25) is 11.8 Å². The first-order valence-corrected chi connectivity index (χ1v) is 9.72. The normalized spacial score (nSPS) is 14.6. The first-order valence-electron chi connectivity index (χ1n) is 9.72. The van der Waals surface area contributed by atoms with Crippen LogP contribution in [-0.4, -0.2) is 35.5 Å². The number of rotatable bonds is 9. The van der Waals surface area contributed by atoms with Crippen LogP contribution in [0.1, 0.15) is 58.4 Å². The van der Waals surface area contributed by atoms with E-state index in [4.69, 9.17) is 4.74 Å². The number of carboxylic acid groups (broad SMARTS) is 1. The SMILES string of the molecule is CC(C)(C)CCC(NC(=O)CCCOc1ccc2c(c1)CCC(=O)N2)C(=O)O. The average Bonchev–Trinajstić information content (AvgIpc) is 2.61. The molecule has 0 bridgehead atoms. The lowest BCUT2D eigenvalue weighted by molar-refractivity contribution is -0.142. The second-order valence-electron chi connectivity index (χ2n) is 8.38. The van der Waals surface area contributed by atoms with Crippen LogP contribution in [-0.2, 0) is 20.8 Å². The molecule has 0 saturated carbocycles. The number of anilines is 1. The van der Waals surface area contributed by atoms with Crippen LogP contribution in [0.5, 0.6) is 5.75 Å². The summed E-state index contributed by atoms with van der Waals surface area (Å²) in [5.74, 6) is -0.564. The number of carbonyl (C=O) groups is 3. The minimum atomic E-state index is -1.00. The van der Waals surface area contributed by atoms with E-state index in [9.17, 15) is 19.5 Å². The Morgan fingerprint density at radius 1 is 1.29 bits per heavy atom. The van der Waals surface area contributed by atoms with Crippen LogP contribution >= 0.6 is 0 Å². The summed E-state index contributed by atoms with van der Waals surface area (Å²) in [4.78, 5) is 34.8. The molecule has 1 heterocycles. The monoisotopic (exact) mass is 390 g/mol. The Kier molecular flexibility index (Phi) is 7.43. The van der Waals surface area contributed by atoms with Crippen molar-refractivity contribution < 1.29 is 24.2 Å². The van der Waals surface area contributed by atoms with Crippen molar-refractivity contribution in [3.8, 4) is 5.75 Å². The van der Waals surface area contributed by atoms with Crippen LogP contribution in [0.15, 0.2) is 18.2 Å². The van der Waals surface area contributed by atoms with Crippen molar-refractivity contribution in [2.24, 2.45) is 5.41 Å². The van der Waals surface area contributed by atoms with Gasteiger partial charge in [0.1, 0.15) is 11.8 Å². The van der Waals surface area contributed by atoms with E-state index in [0.29, 0.717) is 44.5 Å². The van der Waals surface area contributed by atoms with E-state index in [0.717, 1.165) is 11.3 Å². The first-order chi connectivity index (χ1) is 13.1. The van der Waals surface area contributed by atoms with E-state index in [2.05, 4.69) is 10.6 Å². The summed E-state index contributed by atoms with van der Waals surface area (Å²) in [5.41, 5.74) is 1.88. The number of benzene rings is 1. The van der Waals surface area contributed by atoms with E-state index in [1.807, 2.05) is 32.9 Å². The fraction of sp³-hybridized carbons (Fsp3) is 0.571. The molecule has 0 fully saturated rings. The highest BCUT2D eigenvalue weighted by molar-refractivity contribution is 5.94. The largest absolute Gasteiger partial charge is 0.494 e. The summed E-state index contributed by atoms with van der Waals surface area (Å²) >= 11 is 0. The van der Waals surface area contributed by atoms with Gasteiger partial charge in [0.15, 0.2) is 0 Å². The summed E-state index contributed by atoms with van der Waals surface area (Å²) < 4.78 is 5.68. The average molecular weight is 390 g/mol. The zero-order chi connectivity index (χ0) is 20.7. The van der Waals surface area contributed by atoms with Crippen molar-refractivity contribution in [2.45, 2.75) is 65.3 Å². The van der Waals surface area contributed by atoms with Crippen molar-refractivity contribution in [3.63, 3.8) is 0 Å². The third kappa shape index (κ3) is 7.21. The van der Waals surface area contributed by atoms with Gasteiger partial charge in [-0.15, -0.1) is 0 Å². The summed E-state index contributed by atoms with van der Waals surface area (Å²) in [6.07, 6.45) is 2.98. The smallest absolute Gasteiger partial charge is 0.326 e. The third-order valence-corrected chi connectivity index (χ3v) is 4.61. The molecule has 1 unspecified atom stereocenters. The van der Waals surface area contributed by atoms with Gasteiger partial charge in [-0.2, -0.15) is 0 Å². The summed E-state index contributed by atoms with van der Waals surface area (Å²) in [7, 11) is 0. The zero-order valence-electron chi connectivity index (χ0n) is 16.8. The lowest BCUT2D eigenvalue weighted by atomic mass is 9.88. The number of aliphatic carboxylic acids is 1. The summed E-state index contributed by atoms with van der Waals surface area (Å²) in [5, 5.41) is 14.7. The second kappa shape index (κ2) is 9.57. The topological polar surface area (TPSA) is 105 Å². The fourth-order valence-corrected chi connectivity index (χ4v) is 2.97. The van der Waals surface area contributed by atoms with E-state index in [-0.39, 0.29) is 23.7 Å². The lowest BCUT2D eigenvalue weighted by Gasteiger charge is -2.21. The number of amides is 2. The number of carboxylic acids is 1. The van der Waals surface area contributed by atoms with E-state index in [1.54, 1.807) is 6.07 Å². The summed E-state index contributed by atoms with van der Waals surface area (Å²) in [6.45, 7) is 6.48. The fourth-order valence-electron chi connectivity index (χ4n) is 2.97. The number of aryl methyl sites for hydroxylation is 1. The first kappa shape index (κ1) is 21.7. The van der Waals surface area contributed by atoms with Crippen molar-refractivity contribution in [3.05, 3.63) is 23.8 Å². The summed E-state index contributed by atoms with van der Waals surface area (Å²) in [6, 6.07) is 4.66. The Balaban J connectivity index is 1.73. The molecule has 0 spiro atoms. The van der Waals surface area contributed by atoms with E-state index >= 15 is 0 Å². The molecule has 7 heteroatoms. The molecule has 1 aliphatic heterocycles. The molecule has 1 aromatic carbocycles. The van der Waals surface area contributed by atoms with Crippen LogP contribution in [0.2, 0.25) is 0 Å². The minimum Gasteiger partial charge on any atom is -0.494 e. The van der Waals surface area contributed by atoms with Gasteiger partial charge < -0.3 is 20.5 Å². The predicted molar refractivity (Wildman–Crippen MR) is 106 cm³/mol. The van der Waals surface area contributed by atoms with Gasteiger partial charge in [-0.1, -0.05) is 20.8 Å². The lowest BCUT2D eigenvalue weighted by Crippen LogP contribution is -2.41. The van der Waals surface area contributed by atoms with Crippen LogP contribution in [0.25, 0.3) is 0 Å². The molecule has 2 rings (SSSR count). The van der Waals surface area contributed by atoms with Crippen LogP contribution in [0.3, 0.4) is 0 Å². The number of fused-ring (bicyclic) bond motifs is 1. The molecular formula is C21H30N2O5. The molecule has 7 nitrogen and oxygen atoms in total. The third-order valence-electron chi connectivity index (χ3n) is 4.61. The zero-order valence-corrected chi connectivity index (χ0v) is 16.8. The number of ether oxygens (including phenoxy) is 1. The molecule has 28 heavy (non-hydrogen) atoms. The Bertz CT molecular complexity index is 724. The molecule has 0 aliphatic carbocycles. The maximum Gasteiger partial charge on any atom is 0.326 e. The molecule has 1 aliphatic rings. The highest BCUT2D eigenvalue weighted by Gasteiger charge is 2.22. The van der Waals surface area contributed by atoms with Gasteiger partial charge in [-0.05, 0) is 54.9 Å². The highest BCUT2D eigenvalue weighted by atomic mass is 16.5. The van der Waals surface area contributed by atoms with Crippen molar-refractivity contribution >= 4 is 23.5 Å².